The Hall–Kier alpha value is -0.700. The lowest BCUT2D eigenvalue weighted by atomic mass is 9.99. The lowest BCUT2D eigenvalue weighted by Crippen LogP contribution is -2.11. The second-order valence-electron chi connectivity index (χ2n) is 3.02. The fraction of sp³-hybridized carbons (Fsp3) is 0.400. The quantitative estimate of drug-likeness (QED) is 0.602. The van der Waals surface area contributed by atoms with Crippen LogP contribution in [-0.4, -0.2) is 10.8 Å². The zero-order valence-electron chi connectivity index (χ0n) is 7.75. The lowest BCUT2D eigenvalue weighted by molar-refractivity contribution is 0.0926. The van der Waals surface area contributed by atoms with Crippen LogP contribution in [-0.2, 0) is 0 Å². The Morgan fingerprint density at radius 1 is 1.69 bits per heavy atom. The first-order valence-corrected chi connectivity index (χ1v) is 5.10. The summed E-state index contributed by atoms with van der Waals surface area (Å²) in [5.74, 6) is 0.225. The third kappa shape index (κ3) is 2.37. The number of nitrogens with zero attached hydrogens (tertiary/aromatic N) is 1. The third-order valence-corrected chi connectivity index (χ3v) is 2.72. The van der Waals surface area contributed by atoms with E-state index in [1.165, 1.54) is 0 Å². The van der Waals surface area contributed by atoms with Crippen LogP contribution in [0.3, 0.4) is 0 Å². The van der Waals surface area contributed by atoms with Gasteiger partial charge in [-0.15, -0.1) is 0 Å². The van der Waals surface area contributed by atoms with Crippen molar-refractivity contribution in [3.63, 3.8) is 0 Å². The highest BCUT2D eigenvalue weighted by atomic mass is 79.9. The van der Waals surface area contributed by atoms with Gasteiger partial charge < -0.3 is 0 Å². The first kappa shape index (κ1) is 10.4. The summed E-state index contributed by atoms with van der Waals surface area (Å²) in [6, 6.07) is 3.58. The Morgan fingerprint density at radius 2 is 2.38 bits per heavy atom. The van der Waals surface area contributed by atoms with Gasteiger partial charge in [0.15, 0.2) is 5.78 Å². The summed E-state index contributed by atoms with van der Waals surface area (Å²) in [7, 11) is 0. The molecule has 3 heteroatoms. The van der Waals surface area contributed by atoms with Crippen molar-refractivity contribution >= 4 is 21.7 Å². The van der Waals surface area contributed by atoms with Crippen molar-refractivity contribution in [3.05, 3.63) is 28.5 Å². The molecule has 0 fully saturated rings. The molecule has 0 aliphatic heterocycles. The third-order valence-electron chi connectivity index (χ3n) is 2.08. The molecule has 70 valence electrons. The highest BCUT2D eigenvalue weighted by Gasteiger charge is 2.15. The van der Waals surface area contributed by atoms with Gasteiger partial charge in [0.1, 0.15) is 4.60 Å². The largest absolute Gasteiger partial charge is 0.294 e. The van der Waals surface area contributed by atoms with Gasteiger partial charge in [-0.3, -0.25) is 4.79 Å². The Balaban J connectivity index is 2.95. The summed E-state index contributed by atoms with van der Waals surface area (Å²) >= 11 is 3.26. The highest BCUT2D eigenvalue weighted by molar-refractivity contribution is 9.10. The summed E-state index contributed by atoms with van der Waals surface area (Å²) in [6.07, 6.45) is 2.53. The Morgan fingerprint density at radius 3 is 2.92 bits per heavy atom. The van der Waals surface area contributed by atoms with Crippen LogP contribution in [0.25, 0.3) is 0 Å². The molecule has 0 bridgehead atoms. The molecule has 0 aliphatic rings. The van der Waals surface area contributed by atoms with Crippen LogP contribution in [0, 0.1) is 5.92 Å². The zero-order valence-corrected chi connectivity index (χ0v) is 9.34. The number of carbonyl (C=O) groups excluding carboxylic acids is 1. The molecule has 0 N–H and O–H groups in total. The van der Waals surface area contributed by atoms with Gasteiger partial charge in [-0.25, -0.2) is 4.98 Å². The first-order chi connectivity index (χ1) is 6.16. The normalized spacial score (nSPS) is 12.5. The Labute approximate surface area is 86.5 Å². The molecule has 0 radical (unpaired) electrons. The first-order valence-electron chi connectivity index (χ1n) is 4.31. The maximum absolute atomic E-state index is 11.7. The zero-order chi connectivity index (χ0) is 9.84. The number of aromatic nitrogens is 1. The van der Waals surface area contributed by atoms with E-state index in [0.29, 0.717) is 10.2 Å². The minimum absolute atomic E-state index is 0.0699. The molecular weight excluding hydrogens is 230 g/mol. The molecule has 0 amide bonds. The number of pyridine rings is 1. The van der Waals surface area contributed by atoms with Crippen LogP contribution in [0.5, 0.6) is 0 Å². The van der Waals surface area contributed by atoms with Gasteiger partial charge in [0.25, 0.3) is 0 Å². The van der Waals surface area contributed by atoms with Gasteiger partial charge in [0.2, 0.25) is 0 Å². The van der Waals surface area contributed by atoms with E-state index < -0.39 is 0 Å². The van der Waals surface area contributed by atoms with E-state index in [9.17, 15) is 4.79 Å². The van der Waals surface area contributed by atoms with Crippen molar-refractivity contribution in [1.29, 1.82) is 0 Å². The molecule has 1 unspecified atom stereocenters. The molecule has 1 rings (SSSR count). The van der Waals surface area contributed by atoms with Gasteiger partial charge in [-0.1, -0.05) is 13.8 Å². The molecule has 1 aromatic rings. The molecule has 0 saturated carbocycles. The van der Waals surface area contributed by atoms with Gasteiger partial charge in [-0.05, 0) is 34.5 Å². The Bertz CT molecular complexity index is 312. The van der Waals surface area contributed by atoms with Crippen molar-refractivity contribution in [2.45, 2.75) is 20.3 Å². The number of Topliss-reactive ketones (excluding diaryl/α,β-unsaturated/α-hetero) is 1. The monoisotopic (exact) mass is 241 g/mol. The molecule has 1 heterocycles. The van der Waals surface area contributed by atoms with E-state index in [2.05, 4.69) is 20.9 Å². The summed E-state index contributed by atoms with van der Waals surface area (Å²) in [4.78, 5) is 15.7. The fourth-order valence-corrected chi connectivity index (χ4v) is 1.47. The van der Waals surface area contributed by atoms with Crippen LogP contribution >= 0.6 is 15.9 Å². The standard InChI is InChI=1S/C10H12BrNO/c1-3-7(2)9(13)8-5-4-6-12-10(8)11/h4-7H,3H2,1-2H3. The number of halogens is 1. The van der Waals surface area contributed by atoms with Crippen LogP contribution in [0.1, 0.15) is 30.6 Å². The van der Waals surface area contributed by atoms with Gasteiger partial charge >= 0.3 is 0 Å². The van der Waals surface area contributed by atoms with E-state index in [4.69, 9.17) is 0 Å². The van der Waals surface area contributed by atoms with E-state index in [0.717, 1.165) is 6.42 Å². The topological polar surface area (TPSA) is 30.0 Å². The van der Waals surface area contributed by atoms with Crippen LogP contribution in [0.15, 0.2) is 22.9 Å². The maximum Gasteiger partial charge on any atom is 0.168 e. The van der Waals surface area contributed by atoms with E-state index in [-0.39, 0.29) is 11.7 Å². The van der Waals surface area contributed by atoms with E-state index >= 15 is 0 Å². The number of hydrogen-bond donors (Lipinski definition) is 0. The van der Waals surface area contributed by atoms with Gasteiger partial charge in [-0.2, -0.15) is 0 Å². The number of ketones is 1. The van der Waals surface area contributed by atoms with E-state index in [1.807, 2.05) is 13.8 Å². The van der Waals surface area contributed by atoms with Gasteiger partial charge in [0, 0.05) is 12.1 Å². The van der Waals surface area contributed by atoms with Crippen molar-refractivity contribution in [1.82, 2.24) is 4.98 Å². The SMILES string of the molecule is CCC(C)C(=O)c1cccnc1Br. The molecule has 1 aromatic heterocycles. The number of carbonyl (C=O) groups is 1. The second kappa shape index (κ2) is 4.51. The van der Waals surface area contributed by atoms with Crippen molar-refractivity contribution in [2.24, 2.45) is 5.92 Å². The number of hydrogen-bond acceptors (Lipinski definition) is 2. The maximum atomic E-state index is 11.7. The Kier molecular flexibility index (Phi) is 3.60. The predicted molar refractivity (Wildman–Crippen MR) is 55.7 cm³/mol. The summed E-state index contributed by atoms with van der Waals surface area (Å²) in [6.45, 7) is 3.94. The van der Waals surface area contributed by atoms with Crippen LogP contribution in [0.2, 0.25) is 0 Å². The summed E-state index contributed by atoms with van der Waals surface area (Å²) in [5.41, 5.74) is 0.678. The van der Waals surface area contributed by atoms with Crippen molar-refractivity contribution < 1.29 is 4.79 Å². The molecule has 0 spiro atoms. The summed E-state index contributed by atoms with van der Waals surface area (Å²) < 4.78 is 0.639. The minimum atomic E-state index is 0.0699. The average Bonchev–Trinajstić information content (AvgIpc) is 2.16. The highest BCUT2D eigenvalue weighted by Crippen LogP contribution is 2.18. The summed E-state index contributed by atoms with van der Waals surface area (Å²) in [5, 5.41) is 0. The van der Waals surface area contributed by atoms with Crippen LogP contribution < -0.4 is 0 Å². The minimum Gasteiger partial charge on any atom is -0.294 e. The lowest BCUT2D eigenvalue weighted by Gasteiger charge is -2.07. The van der Waals surface area contributed by atoms with Crippen molar-refractivity contribution in [2.75, 3.05) is 0 Å². The molecule has 1 atom stereocenters. The second-order valence-corrected chi connectivity index (χ2v) is 3.77. The molecule has 2 nitrogen and oxygen atoms in total. The molecule has 0 aromatic carbocycles. The fourth-order valence-electron chi connectivity index (χ4n) is 1.02. The van der Waals surface area contributed by atoms with Gasteiger partial charge in [0.05, 0.1) is 5.56 Å². The predicted octanol–water partition coefficient (Wildman–Crippen LogP) is 3.07. The molecule has 0 saturated heterocycles. The molecule has 13 heavy (non-hydrogen) atoms. The van der Waals surface area contributed by atoms with Crippen LogP contribution in [0.4, 0.5) is 0 Å². The van der Waals surface area contributed by atoms with E-state index in [1.54, 1.807) is 18.3 Å². The smallest absolute Gasteiger partial charge is 0.168 e. The van der Waals surface area contributed by atoms with Crippen molar-refractivity contribution in [3.8, 4) is 0 Å². The molecular formula is C10H12BrNO. The molecule has 0 aliphatic carbocycles. The average molecular weight is 242 g/mol. The number of rotatable bonds is 3.